The third kappa shape index (κ3) is 6.18. The SMILES string of the molecule is CCCC[C@H](c1ccc(C(=O)NCC(=N)N)cc1)N1C(=O)C(c2cc(F)cc(F)c2)=NC12CC(C)CC(C)C2. The average Bonchev–Trinajstić information content (AvgIpc) is 3.12. The summed E-state index contributed by atoms with van der Waals surface area (Å²) in [7, 11) is 0. The highest BCUT2D eigenvalue weighted by Crippen LogP contribution is 2.48. The molecule has 3 atom stereocenters. The Morgan fingerprint density at radius 1 is 1.15 bits per heavy atom. The Labute approximate surface area is 228 Å². The molecule has 39 heavy (non-hydrogen) atoms. The molecule has 1 fully saturated rings. The summed E-state index contributed by atoms with van der Waals surface area (Å²) < 4.78 is 28.4. The zero-order chi connectivity index (χ0) is 28.3. The minimum Gasteiger partial charge on any atom is -0.386 e. The van der Waals surface area contributed by atoms with E-state index in [-0.39, 0.29) is 41.5 Å². The van der Waals surface area contributed by atoms with Crippen molar-refractivity contribution in [3.05, 3.63) is 70.8 Å². The normalized spacial score (nSPS) is 23.6. The minimum absolute atomic E-state index is 0.0400. The molecule has 0 aromatic heterocycles. The fourth-order valence-electron chi connectivity index (χ4n) is 6.24. The summed E-state index contributed by atoms with van der Waals surface area (Å²) in [4.78, 5) is 33.5. The highest BCUT2D eigenvalue weighted by atomic mass is 19.1. The largest absolute Gasteiger partial charge is 0.386 e. The number of halogens is 2. The first kappa shape index (κ1) is 28.4. The maximum atomic E-state index is 14.2. The molecule has 9 heteroatoms. The molecule has 2 aromatic carbocycles. The first-order chi connectivity index (χ1) is 18.5. The Balaban J connectivity index is 1.76. The molecule has 0 saturated heterocycles. The van der Waals surface area contributed by atoms with Crippen molar-refractivity contribution < 1.29 is 18.4 Å². The number of amides is 2. The number of carbonyl (C=O) groups is 2. The number of hydrogen-bond acceptors (Lipinski definition) is 4. The molecule has 2 unspecified atom stereocenters. The van der Waals surface area contributed by atoms with E-state index >= 15 is 0 Å². The van der Waals surface area contributed by atoms with Gasteiger partial charge in [-0.3, -0.25) is 20.0 Å². The van der Waals surface area contributed by atoms with Crippen LogP contribution in [-0.4, -0.2) is 40.5 Å². The molecule has 1 aliphatic carbocycles. The zero-order valence-corrected chi connectivity index (χ0v) is 22.8. The molecular weight excluding hydrogens is 500 g/mol. The highest BCUT2D eigenvalue weighted by molar-refractivity contribution is 6.46. The van der Waals surface area contributed by atoms with Crippen LogP contribution in [0.15, 0.2) is 47.5 Å². The first-order valence-electron chi connectivity index (χ1n) is 13.6. The van der Waals surface area contributed by atoms with Crippen LogP contribution in [-0.2, 0) is 4.79 Å². The van der Waals surface area contributed by atoms with Crippen LogP contribution in [0.3, 0.4) is 0 Å². The van der Waals surface area contributed by atoms with Crippen molar-refractivity contribution in [2.75, 3.05) is 6.54 Å². The fourth-order valence-corrected chi connectivity index (χ4v) is 6.24. The van der Waals surface area contributed by atoms with Gasteiger partial charge < -0.3 is 16.0 Å². The number of nitrogens with two attached hydrogens (primary N) is 1. The van der Waals surface area contributed by atoms with Crippen molar-refractivity contribution in [3.63, 3.8) is 0 Å². The third-order valence-electron chi connectivity index (χ3n) is 7.62. The van der Waals surface area contributed by atoms with Gasteiger partial charge in [0.2, 0.25) is 0 Å². The van der Waals surface area contributed by atoms with Crippen LogP contribution in [0.1, 0.15) is 86.8 Å². The number of rotatable bonds is 9. The number of benzene rings is 2. The van der Waals surface area contributed by atoms with E-state index < -0.39 is 17.3 Å². The summed E-state index contributed by atoms with van der Waals surface area (Å²) in [5.74, 6) is -1.68. The average molecular weight is 538 g/mol. The van der Waals surface area contributed by atoms with Gasteiger partial charge in [-0.05, 0) is 67.3 Å². The Bertz CT molecular complexity index is 1250. The van der Waals surface area contributed by atoms with Crippen LogP contribution >= 0.6 is 0 Å². The fraction of sp³-hybridized carbons (Fsp3) is 0.467. The van der Waals surface area contributed by atoms with Crippen LogP contribution in [0, 0.1) is 28.9 Å². The smallest absolute Gasteiger partial charge is 0.275 e. The number of aliphatic imine (C=N–C) groups is 1. The van der Waals surface area contributed by atoms with E-state index in [2.05, 4.69) is 26.1 Å². The monoisotopic (exact) mass is 537 g/mol. The second kappa shape index (κ2) is 11.6. The Morgan fingerprint density at radius 2 is 1.77 bits per heavy atom. The lowest BCUT2D eigenvalue weighted by atomic mass is 9.75. The first-order valence-corrected chi connectivity index (χ1v) is 13.6. The number of nitrogens with one attached hydrogen (secondary N) is 2. The van der Waals surface area contributed by atoms with Gasteiger partial charge in [-0.1, -0.05) is 45.7 Å². The molecule has 1 spiro atoms. The summed E-state index contributed by atoms with van der Waals surface area (Å²) in [5, 5.41) is 9.92. The van der Waals surface area contributed by atoms with Crippen molar-refractivity contribution >= 4 is 23.4 Å². The van der Waals surface area contributed by atoms with Gasteiger partial charge in [0.15, 0.2) is 0 Å². The zero-order valence-electron chi connectivity index (χ0n) is 22.8. The molecule has 2 aliphatic rings. The molecule has 1 heterocycles. The third-order valence-corrected chi connectivity index (χ3v) is 7.62. The molecule has 208 valence electrons. The van der Waals surface area contributed by atoms with Crippen LogP contribution in [0.25, 0.3) is 0 Å². The van der Waals surface area contributed by atoms with Gasteiger partial charge in [-0.25, -0.2) is 8.78 Å². The Kier molecular flexibility index (Phi) is 8.47. The molecule has 4 N–H and O–H groups in total. The lowest BCUT2D eigenvalue weighted by Gasteiger charge is -2.47. The van der Waals surface area contributed by atoms with Crippen molar-refractivity contribution in [2.45, 2.75) is 71.0 Å². The molecular formula is C30H37F2N5O2. The second-order valence-electron chi connectivity index (χ2n) is 11.1. The van der Waals surface area contributed by atoms with E-state index in [0.717, 1.165) is 30.9 Å². The molecule has 1 aliphatic heterocycles. The van der Waals surface area contributed by atoms with Crippen LogP contribution in [0.5, 0.6) is 0 Å². The summed E-state index contributed by atoms with van der Waals surface area (Å²) in [6.45, 7) is 6.36. The van der Waals surface area contributed by atoms with E-state index in [1.54, 1.807) is 12.1 Å². The van der Waals surface area contributed by atoms with Crippen LogP contribution in [0.4, 0.5) is 8.78 Å². The molecule has 2 amide bonds. The number of hydrogen-bond donors (Lipinski definition) is 3. The van der Waals surface area contributed by atoms with E-state index in [1.807, 2.05) is 17.0 Å². The summed E-state index contributed by atoms with van der Waals surface area (Å²) >= 11 is 0. The van der Waals surface area contributed by atoms with Crippen molar-refractivity contribution in [2.24, 2.45) is 22.6 Å². The van der Waals surface area contributed by atoms with E-state index in [4.69, 9.17) is 16.1 Å². The predicted molar refractivity (Wildman–Crippen MR) is 148 cm³/mol. The number of nitrogens with zero attached hydrogens (tertiary/aromatic N) is 2. The Hall–Kier alpha value is -3.62. The number of unbranched alkanes of at least 4 members (excludes halogenated alkanes) is 1. The van der Waals surface area contributed by atoms with Crippen molar-refractivity contribution in [1.29, 1.82) is 5.41 Å². The lowest BCUT2D eigenvalue weighted by Crippen LogP contribution is -2.52. The highest BCUT2D eigenvalue weighted by Gasteiger charge is 2.53. The summed E-state index contributed by atoms with van der Waals surface area (Å²) in [6, 6.07) is 9.90. The van der Waals surface area contributed by atoms with Gasteiger partial charge in [-0.2, -0.15) is 0 Å². The molecule has 0 radical (unpaired) electrons. The summed E-state index contributed by atoms with van der Waals surface area (Å²) in [6.07, 6.45) is 4.82. The molecule has 0 bridgehead atoms. The van der Waals surface area contributed by atoms with Gasteiger partial charge in [0.1, 0.15) is 28.8 Å². The molecule has 2 aromatic rings. The van der Waals surface area contributed by atoms with Gasteiger partial charge in [0.05, 0.1) is 12.6 Å². The van der Waals surface area contributed by atoms with Crippen molar-refractivity contribution in [1.82, 2.24) is 10.2 Å². The van der Waals surface area contributed by atoms with Gasteiger partial charge in [-0.15, -0.1) is 0 Å². The maximum absolute atomic E-state index is 14.2. The van der Waals surface area contributed by atoms with E-state index in [1.165, 1.54) is 12.1 Å². The topological polar surface area (TPSA) is 112 Å². The van der Waals surface area contributed by atoms with Crippen LogP contribution < -0.4 is 11.1 Å². The summed E-state index contributed by atoms with van der Waals surface area (Å²) in [5.41, 5.74) is 6.06. The quantitative estimate of drug-likeness (QED) is 0.296. The van der Waals surface area contributed by atoms with Gasteiger partial charge in [0.25, 0.3) is 11.8 Å². The van der Waals surface area contributed by atoms with Crippen molar-refractivity contribution in [3.8, 4) is 0 Å². The van der Waals surface area contributed by atoms with E-state index in [9.17, 15) is 18.4 Å². The molecule has 7 nitrogen and oxygen atoms in total. The molecule has 1 saturated carbocycles. The number of amidine groups is 1. The lowest BCUT2D eigenvalue weighted by molar-refractivity contribution is -0.134. The van der Waals surface area contributed by atoms with Gasteiger partial charge in [0, 0.05) is 17.2 Å². The maximum Gasteiger partial charge on any atom is 0.275 e. The Morgan fingerprint density at radius 3 is 2.33 bits per heavy atom. The van der Waals surface area contributed by atoms with Gasteiger partial charge >= 0.3 is 0 Å². The minimum atomic E-state index is -0.817. The van der Waals surface area contributed by atoms with Crippen LogP contribution in [0.2, 0.25) is 0 Å². The molecule has 4 rings (SSSR count). The standard InChI is InChI=1S/C30H37F2N5O2/c1-4-5-6-25(20-7-9-21(10-8-20)28(38)35-17-26(33)34)37-29(39)27(22-12-23(31)14-24(32)13-22)36-30(37)15-18(2)11-19(3)16-30/h7-10,12-14,18-19,25H,4-6,11,15-17H2,1-3H3,(H3,33,34)(H,35,38)/t18?,19?,25-,30?/m1/s1. The predicted octanol–water partition coefficient (Wildman–Crippen LogP) is 5.35. The number of carbonyl (C=O) groups excluding carboxylic acids is 2. The van der Waals surface area contributed by atoms with E-state index in [0.29, 0.717) is 36.7 Å². The second-order valence-corrected chi connectivity index (χ2v) is 11.1.